The van der Waals surface area contributed by atoms with Gasteiger partial charge in [-0.05, 0) is 41.5 Å². The summed E-state index contributed by atoms with van der Waals surface area (Å²) in [5.41, 5.74) is 4.40. The highest BCUT2D eigenvalue weighted by molar-refractivity contribution is 7.26. The second kappa shape index (κ2) is 6.03. The number of benzene rings is 4. The second-order valence-corrected chi connectivity index (χ2v) is 8.67. The summed E-state index contributed by atoms with van der Waals surface area (Å²) >= 11 is 1.70. The van der Waals surface area contributed by atoms with E-state index in [4.69, 9.17) is 9.40 Å². The lowest BCUT2D eigenvalue weighted by atomic mass is 10.0. The van der Waals surface area contributed by atoms with Gasteiger partial charge < -0.3 is 4.42 Å². The quantitative estimate of drug-likeness (QED) is 0.301. The zero-order valence-electron chi connectivity index (χ0n) is 16.2. The van der Waals surface area contributed by atoms with Gasteiger partial charge >= 0.3 is 5.84 Å². The Morgan fingerprint density at radius 1 is 0.774 bits per heavy atom. The van der Waals surface area contributed by atoms with Crippen LogP contribution in [0.15, 0.2) is 94.1 Å². The molecular formula is C26H14N2O2S. The molecular weight excluding hydrogens is 404 g/mol. The zero-order chi connectivity index (χ0) is 20.5. The monoisotopic (exact) mass is 418 g/mol. The van der Waals surface area contributed by atoms with E-state index in [-0.39, 0.29) is 5.56 Å². The van der Waals surface area contributed by atoms with Gasteiger partial charge in [-0.3, -0.25) is 4.79 Å². The molecule has 0 bridgehead atoms. The first-order valence-electron chi connectivity index (χ1n) is 10.0. The third kappa shape index (κ3) is 2.29. The van der Waals surface area contributed by atoms with Crippen molar-refractivity contribution < 1.29 is 4.42 Å². The summed E-state index contributed by atoms with van der Waals surface area (Å²) in [6.07, 6.45) is 0. The van der Waals surface area contributed by atoms with Crippen LogP contribution in [-0.4, -0.2) is 9.38 Å². The van der Waals surface area contributed by atoms with Crippen LogP contribution >= 0.6 is 11.3 Å². The molecule has 3 heterocycles. The molecule has 0 saturated carbocycles. The van der Waals surface area contributed by atoms with Gasteiger partial charge in [0.1, 0.15) is 11.1 Å². The fraction of sp³-hybridized carbons (Fsp3) is 0. The highest BCUT2D eigenvalue weighted by atomic mass is 32.1. The standard InChI is InChI=1S/C26H14N2O2S/c29-25-18-8-4-5-9-21(18)30-26-27-23-20(28(25)26)12-11-17-19-14-16(15-6-2-1-3-7-15)10-13-22(19)31-24(17)23/h1-14H. The van der Waals surface area contributed by atoms with Gasteiger partial charge in [0.05, 0.1) is 15.6 Å². The van der Waals surface area contributed by atoms with Gasteiger partial charge in [-0.15, -0.1) is 11.3 Å². The minimum absolute atomic E-state index is 0.105. The van der Waals surface area contributed by atoms with Crippen LogP contribution in [0.5, 0.6) is 0 Å². The summed E-state index contributed by atoms with van der Waals surface area (Å²) in [4.78, 5) is 17.9. The van der Waals surface area contributed by atoms with Gasteiger partial charge in [0.25, 0.3) is 5.56 Å². The molecule has 0 amide bonds. The summed E-state index contributed by atoms with van der Waals surface area (Å²) in [6.45, 7) is 0. The van der Waals surface area contributed by atoms with Crippen molar-refractivity contribution in [2.45, 2.75) is 0 Å². The fourth-order valence-corrected chi connectivity index (χ4v) is 5.55. The minimum atomic E-state index is -0.105. The summed E-state index contributed by atoms with van der Waals surface area (Å²) < 4.78 is 9.82. The first-order valence-corrected chi connectivity index (χ1v) is 10.8. The molecule has 4 nitrogen and oxygen atoms in total. The Balaban J connectivity index is 1.58. The van der Waals surface area contributed by atoms with Gasteiger partial charge in [-0.1, -0.05) is 54.6 Å². The predicted molar refractivity (Wildman–Crippen MR) is 127 cm³/mol. The molecule has 0 atom stereocenters. The minimum Gasteiger partial charge on any atom is -0.424 e. The van der Waals surface area contributed by atoms with Crippen LogP contribution in [0.25, 0.3) is 59.1 Å². The van der Waals surface area contributed by atoms with E-state index in [0.29, 0.717) is 16.8 Å². The van der Waals surface area contributed by atoms with Gasteiger partial charge in [0.2, 0.25) is 0 Å². The number of thiophene rings is 1. The van der Waals surface area contributed by atoms with Gasteiger partial charge in [0.15, 0.2) is 0 Å². The molecule has 0 aliphatic heterocycles. The molecule has 4 aromatic carbocycles. The van der Waals surface area contributed by atoms with Crippen LogP contribution < -0.4 is 5.56 Å². The smallest absolute Gasteiger partial charge is 0.310 e. The predicted octanol–water partition coefficient (Wildman–Crippen LogP) is 6.63. The number of fused-ring (bicyclic) bond motifs is 8. The van der Waals surface area contributed by atoms with E-state index in [1.807, 2.05) is 24.3 Å². The summed E-state index contributed by atoms with van der Waals surface area (Å²) in [5.74, 6) is 0.327. The van der Waals surface area contributed by atoms with Crippen LogP contribution in [0.4, 0.5) is 0 Å². The highest BCUT2D eigenvalue weighted by Crippen LogP contribution is 2.39. The topological polar surface area (TPSA) is 47.5 Å². The Labute approximate surface area is 179 Å². The molecule has 0 unspecified atom stereocenters. The first kappa shape index (κ1) is 16.8. The number of hydrogen-bond acceptors (Lipinski definition) is 4. The molecule has 31 heavy (non-hydrogen) atoms. The largest absolute Gasteiger partial charge is 0.424 e. The molecule has 0 aliphatic carbocycles. The molecule has 3 aromatic heterocycles. The zero-order valence-corrected chi connectivity index (χ0v) is 17.0. The van der Waals surface area contributed by atoms with E-state index in [2.05, 4.69) is 48.5 Å². The Bertz CT molecular complexity index is 1860. The van der Waals surface area contributed by atoms with Crippen LogP contribution in [0.3, 0.4) is 0 Å². The lowest BCUT2D eigenvalue weighted by molar-refractivity contribution is 0.616. The van der Waals surface area contributed by atoms with Crippen molar-refractivity contribution in [2.75, 3.05) is 0 Å². The van der Waals surface area contributed by atoms with Crippen molar-refractivity contribution in [2.24, 2.45) is 0 Å². The van der Waals surface area contributed by atoms with Crippen molar-refractivity contribution >= 4 is 59.4 Å². The first-order chi connectivity index (χ1) is 15.3. The highest BCUT2D eigenvalue weighted by Gasteiger charge is 2.17. The molecule has 5 heteroatoms. The number of para-hydroxylation sites is 1. The number of nitrogens with zero attached hydrogens (tertiary/aromatic N) is 2. The molecule has 0 N–H and O–H groups in total. The maximum atomic E-state index is 13.1. The fourth-order valence-electron chi connectivity index (χ4n) is 4.38. The molecule has 0 aliphatic rings. The second-order valence-electron chi connectivity index (χ2n) is 7.62. The van der Waals surface area contributed by atoms with Gasteiger partial charge in [-0.2, -0.15) is 4.98 Å². The Kier molecular flexibility index (Phi) is 3.27. The number of aromatic nitrogens is 2. The van der Waals surface area contributed by atoms with Crippen LogP contribution in [0.1, 0.15) is 0 Å². The van der Waals surface area contributed by atoms with Crippen LogP contribution in [-0.2, 0) is 0 Å². The molecule has 0 radical (unpaired) electrons. The SMILES string of the molecule is O=c1c2ccccc2oc2nc3c4sc5ccc(-c6ccccc6)cc5c4ccc3n12. The molecule has 146 valence electrons. The van der Waals surface area contributed by atoms with E-state index in [9.17, 15) is 4.79 Å². The Morgan fingerprint density at radius 3 is 2.52 bits per heavy atom. The normalized spacial score (nSPS) is 12.0. The summed E-state index contributed by atoms with van der Waals surface area (Å²) in [7, 11) is 0. The van der Waals surface area contributed by atoms with Crippen LogP contribution in [0, 0.1) is 0 Å². The molecule has 0 saturated heterocycles. The van der Waals surface area contributed by atoms with Crippen molar-refractivity contribution in [3.05, 3.63) is 95.3 Å². The summed E-state index contributed by atoms with van der Waals surface area (Å²) in [5, 5.41) is 2.90. The molecule has 0 spiro atoms. The van der Waals surface area contributed by atoms with Gasteiger partial charge in [-0.25, -0.2) is 4.40 Å². The maximum Gasteiger partial charge on any atom is 0.310 e. The number of rotatable bonds is 1. The Morgan fingerprint density at radius 2 is 1.61 bits per heavy atom. The van der Waals surface area contributed by atoms with E-state index in [1.165, 1.54) is 21.2 Å². The van der Waals surface area contributed by atoms with E-state index in [0.717, 1.165) is 21.1 Å². The van der Waals surface area contributed by atoms with Gasteiger partial charge in [0, 0.05) is 15.5 Å². The summed E-state index contributed by atoms with van der Waals surface area (Å²) in [6, 6.07) is 28.3. The number of hydrogen-bond donors (Lipinski definition) is 0. The van der Waals surface area contributed by atoms with Crippen LogP contribution in [0.2, 0.25) is 0 Å². The molecule has 0 fully saturated rings. The van der Waals surface area contributed by atoms with E-state index >= 15 is 0 Å². The van der Waals surface area contributed by atoms with E-state index < -0.39 is 0 Å². The molecule has 7 rings (SSSR count). The van der Waals surface area contributed by atoms with Crippen molar-refractivity contribution in [1.82, 2.24) is 9.38 Å². The third-order valence-electron chi connectivity index (χ3n) is 5.86. The third-order valence-corrected chi connectivity index (χ3v) is 7.05. The molecule has 7 aromatic rings. The Hall–Kier alpha value is -3.96. The number of imidazole rings is 1. The lowest BCUT2D eigenvalue weighted by Gasteiger charge is -2.02. The average Bonchev–Trinajstić information content (AvgIpc) is 3.37. The van der Waals surface area contributed by atoms with Crippen molar-refractivity contribution in [3.63, 3.8) is 0 Å². The van der Waals surface area contributed by atoms with Crippen molar-refractivity contribution in [3.8, 4) is 11.1 Å². The lowest BCUT2D eigenvalue weighted by Crippen LogP contribution is -2.12. The van der Waals surface area contributed by atoms with Crippen molar-refractivity contribution in [1.29, 1.82) is 0 Å². The van der Waals surface area contributed by atoms with E-state index in [1.54, 1.807) is 27.9 Å². The average molecular weight is 418 g/mol. The maximum absolute atomic E-state index is 13.1.